The van der Waals surface area contributed by atoms with Gasteiger partial charge in [0.2, 0.25) is 0 Å². The first-order chi connectivity index (χ1) is 9.80. The molecule has 0 heterocycles. The zero-order chi connectivity index (χ0) is 15.6. The van der Waals surface area contributed by atoms with Crippen LogP contribution in [0.3, 0.4) is 0 Å². The van der Waals surface area contributed by atoms with E-state index in [9.17, 15) is 22.7 Å². The second-order valence-corrected chi connectivity index (χ2v) is 4.42. The zero-order valence-corrected chi connectivity index (χ0v) is 11.0. The van der Waals surface area contributed by atoms with Crippen molar-refractivity contribution in [2.75, 3.05) is 0 Å². The Hall–Kier alpha value is -2.08. The molecule has 0 saturated heterocycles. The van der Waals surface area contributed by atoms with Crippen molar-refractivity contribution >= 4 is 0 Å². The van der Waals surface area contributed by atoms with Crippen molar-refractivity contribution in [1.29, 1.82) is 0 Å². The number of ether oxygens (including phenoxy) is 1. The molecule has 0 saturated carbocycles. The highest BCUT2D eigenvalue weighted by Crippen LogP contribution is 2.39. The van der Waals surface area contributed by atoms with Crippen molar-refractivity contribution in [1.82, 2.24) is 0 Å². The number of hydrogen-bond donors (Lipinski definition) is 1. The third kappa shape index (κ3) is 3.33. The molecule has 1 atom stereocenters. The van der Waals surface area contributed by atoms with E-state index in [1.54, 1.807) is 0 Å². The third-order valence-electron chi connectivity index (χ3n) is 2.84. The Morgan fingerprint density at radius 3 is 2.24 bits per heavy atom. The molecule has 2 aromatic carbocycles. The predicted molar refractivity (Wildman–Crippen MR) is 68.6 cm³/mol. The lowest BCUT2D eigenvalue weighted by atomic mass is 10.1. The number of halogens is 4. The van der Waals surface area contributed by atoms with E-state index in [-0.39, 0.29) is 11.3 Å². The topological polar surface area (TPSA) is 29.5 Å². The molecule has 0 aliphatic heterocycles. The molecule has 2 aromatic rings. The third-order valence-corrected chi connectivity index (χ3v) is 2.84. The van der Waals surface area contributed by atoms with Gasteiger partial charge in [0.15, 0.2) is 0 Å². The molecule has 0 aliphatic carbocycles. The van der Waals surface area contributed by atoms with E-state index < -0.39 is 29.4 Å². The maximum Gasteiger partial charge on any atom is 0.419 e. The number of rotatable bonds is 3. The Bertz CT molecular complexity index is 636. The Morgan fingerprint density at radius 2 is 1.62 bits per heavy atom. The maximum atomic E-state index is 13.7. The van der Waals surface area contributed by atoms with Crippen LogP contribution in [0.4, 0.5) is 17.6 Å². The van der Waals surface area contributed by atoms with Crippen LogP contribution in [0, 0.1) is 5.82 Å². The van der Waals surface area contributed by atoms with Gasteiger partial charge in [-0.05, 0) is 31.2 Å². The van der Waals surface area contributed by atoms with Gasteiger partial charge in [-0.1, -0.05) is 18.2 Å². The van der Waals surface area contributed by atoms with Gasteiger partial charge in [-0.2, -0.15) is 13.2 Å². The number of aliphatic hydroxyl groups excluding tert-OH is 1. The average molecular weight is 300 g/mol. The lowest BCUT2D eigenvalue weighted by molar-refractivity contribution is -0.138. The Balaban J connectivity index is 2.47. The zero-order valence-electron chi connectivity index (χ0n) is 11.0. The van der Waals surface area contributed by atoms with Crippen LogP contribution in [-0.2, 0) is 6.18 Å². The number of aliphatic hydroxyl groups is 1. The lowest BCUT2D eigenvalue weighted by Crippen LogP contribution is -2.08. The molecule has 0 radical (unpaired) electrons. The second kappa shape index (κ2) is 5.73. The lowest BCUT2D eigenvalue weighted by Gasteiger charge is -2.17. The van der Waals surface area contributed by atoms with Crippen molar-refractivity contribution < 1.29 is 27.4 Å². The fraction of sp³-hybridized carbons (Fsp3) is 0.200. The maximum absolute atomic E-state index is 13.7. The summed E-state index contributed by atoms with van der Waals surface area (Å²) in [5, 5.41) is 9.55. The van der Waals surface area contributed by atoms with Crippen molar-refractivity contribution in [3.8, 4) is 11.5 Å². The van der Waals surface area contributed by atoms with Crippen molar-refractivity contribution in [3.05, 3.63) is 59.4 Å². The number of alkyl halides is 3. The molecular weight excluding hydrogens is 288 g/mol. The van der Waals surface area contributed by atoms with Gasteiger partial charge in [0.05, 0.1) is 17.2 Å². The summed E-state index contributed by atoms with van der Waals surface area (Å²) in [6.07, 6.45) is -5.80. The summed E-state index contributed by atoms with van der Waals surface area (Å²) < 4.78 is 57.5. The molecule has 0 spiro atoms. The van der Waals surface area contributed by atoms with Gasteiger partial charge >= 0.3 is 6.18 Å². The minimum atomic E-state index is -4.59. The minimum absolute atomic E-state index is 0.151. The molecule has 0 aliphatic rings. The van der Waals surface area contributed by atoms with Gasteiger partial charge in [0, 0.05) is 0 Å². The van der Waals surface area contributed by atoms with E-state index in [1.807, 2.05) is 0 Å². The standard InChI is InChI=1S/C15H12F4O2/c1-9(20)14-11(16)6-4-8-13(14)21-12-7-3-2-5-10(12)15(17,18)19/h2-9,20H,1H3. The summed E-state index contributed by atoms with van der Waals surface area (Å²) in [5.74, 6) is -1.34. The highest BCUT2D eigenvalue weighted by molar-refractivity contribution is 5.43. The molecule has 6 heteroatoms. The summed E-state index contributed by atoms with van der Waals surface area (Å²) >= 11 is 0. The van der Waals surface area contributed by atoms with Gasteiger partial charge in [-0.25, -0.2) is 4.39 Å². The van der Waals surface area contributed by atoms with Crippen molar-refractivity contribution in [2.45, 2.75) is 19.2 Å². The van der Waals surface area contributed by atoms with Gasteiger partial charge in [-0.15, -0.1) is 0 Å². The fourth-order valence-corrected chi connectivity index (χ4v) is 1.92. The second-order valence-electron chi connectivity index (χ2n) is 4.42. The largest absolute Gasteiger partial charge is 0.456 e. The number of benzene rings is 2. The molecule has 1 N–H and O–H groups in total. The highest BCUT2D eigenvalue weighted by atomic mass is 19.4. The van der Waals surface area contributed by atoms with Crippen molar-refractivity contribution in [3.63, 3.8) is 0 Å². The quantitative estimate of drug-likeness (QED) is 0.833. The van der Waals surface area contributed by atoms with Gasteiger partial charge < -0.3 is 9.84 Å². The smallest absolute Gasteiger partial charge is 0.419 e. The first-order valence-electron chi connectivity index (χ1n) is 6.11. The number of para-hydroxylation sites is 1. The SMILES string of the molecule is CC(O)c1c(F)cccc1Oc1ccccc1C(F)(F)F. The summed E-state index contributed by atoms with van der Waals surface area (Å²) in [5.41, 5.74) is -1.15. The van der Waals surface area contributed by atoms with Gasteiger partial charge in [0.25, 0.3) is 0 Å². The summed E-state index contributed by atoms with van der Waals surface area (Å²) in [6.45, 7) is 1.31. The summed E-state index contributed by atoms with van der Waals surface area (Å²) in [4.78, 5) is 0. The van der Waals surface area contributed by atoms with Crippen LogP contribution in [0.2, 0.25) is 0 Å². The Kier molecular flexibility index (Phi) is 4.18. The van der Waals surface area contributed by atoms with E-state index in [4.69, 9.17) is 4.74 Å². The molecule has 0 aromatic heterocycles. The van der Waals surface area contributed by atoms with Gasteiger partial charge in [0.1, 0.15) is 17.3 Å². The van der Waals surface area contributed by atoms with E-state index in [0.29, 0.717) is 0 Å². The Morgan fingerprint density at radius 1 is 1.00 bits per heavy atom. The molecule has 2 rings (SSSR count). The van der Waals surface area contributed by atoms with Crippen LogP contribution in [0.1, 0.15) is 24.2 Å². The first-order valence-corrected chi connectivity index (χ1v) is 6.11. The molecule has 112 valence electrons. The van der Waals surface area contributed by atoms with Crippen molar-refractivity contribution in [2.24, 2.45) is 0 Å². The van der Waals surface area contributed by atoms with Crippen LogP contribution in [0.15, 0.2) is 42.5 Å². The molecule has 0 amide bonds. The van der Waals surface area contributed by atoms with E-state index in [2.05, 4.69) is 0 Å². The van der Waals surface area contributed by atoms with E-state index in [1.165, 1.54) is 31.2 Å². The van der Waals surface area contributed by atoms with E-state index >= 15 is 0 Å². The van der Waals surface area contributed by atoms with E-state index in [0.717, 1.165) is 18.2 Å². The molecule has 0 fully saturated rings. The van der Waals surface area contributed by atoms with Crippen LogP contribution in [0.25, 0.3) is 0 Å². The molecule has 1 unspecified atom stereocenters. The molecule has 2 nitrogen and oxygen atoms in total. The van der Waals surface area contributed by atoms with Crippen LogP contribution in [-0.4, -0.2) is 5.11 Å². The number of hydrogen-bond acceptors (Lipinski definition) is 2. The van der Waals surface area contributed by atoms with Crippen LogP contribution in [0.5, 0.6) is 11.5 Å². The predicted octanol–water partition coefficient (Wildman–Crippen LogP) is 4.69. The molecule has 0 bridgehead atoms. The fourth-order valence-electron chi connectivity index (χ4n) is 1.92. The molecular formula is C15H12F4O2. The Labute approximate surface area is 118 Å². The summed E-state index contributed by atoms with van der Waals surface area (Å²) in [6, 6.07) is 8.33. The highest BCUT2D eigenvalue weighted by Gasteiger charge is 2.34. The minimum Gasteiger partial charge on any atom is -0.456 e. The normalized spacial score (nSPS) is 13.0. The summed E-state index contributed by atoms with van der Waals surface area (Å²) in [7, 11) is 0. The average Bonchev–Trinajstić information content (AvgIpc) is 2.37. The van der Waals surface area contributed by atoms with Gasteiger partial charge in [-0.3, -0.25) is 0 Å². The van der Waals surface area contributed by atoms with Crippen LogP contribution < -0.4 is 4.74 Å². The van der Waals surface area contributed by atoms with Crippen LogP contribution >= 0.6 is 0 Å². The monoisotopic (exact) mass is 300 g/mol. The first kappa shape index (κ1) is 15.3. The molecule has 21 heavy (non-hydrogen) atoms.